The average molecular weight is 318 g/mol. The van der Waals surface area contributed by atoms with E-state index in [4.69, 9.17) is 10.5 Å². The lowest BCUT2D eigenvalue weighted by Gasteiger charge is -2.39. The van der Waals surface area contributed by atoms with E-state index in [1.54, 1.807) is 44.0 Å². The fraction of sp³-hybridized carbons (Fsp3) is 0.562. The second kappa shape index (κ2) is 5.19. The lowest BCUT2D eigenvalue weighted by Crippen LogP contribution is -2.68. The summed E-state index contributed by atoms with van der Waals surface area (Å²) in [7, 11) is 0. The number of carbonyl (C=O) groups excluding carboxylic acids is 2. The van der Waals surface area contributed by atoms with Gasteiger partial charge >= 0.3 is 5.97 Å². The molecule has 2 aliphatic rings. The molecule has 23 heavy (non-hydrogen) atoms. The molecule has 2 aliphatic heterocycles. The van der Waals surface area contributed by atoms with Crippen molar-refractivity contribution in [3.63, 3.8) is 0 Å². The van der Waals surface area contributed by atoms with Gasteiger partial charge < -0.3 is 15.4 Å². The topological polar surface area (TPSA) is 97.6 Å². The zero-order chi connectivity index (χ0) is 16.8. The molecule has 0 aliphatic carbocycles. The molecule has 0 spiro atoms. The Bertz CT molecular complexity index is 638. The molecule has 1 amide bonds. The third-order valence-corrected chi connectivity index (χ3v) is 4.16. The lowest BCUT2D eigenvalue weighted by molar-refractivity contribution is -0.165. The molecule has 0 saturated carbocycles. The number of piperazine rings is 1. The normalized spacial score (nSPS) is 27.2. The predicted octanol–water partition coefficient (Wildman–Crippen LogP) is 0.843. The summed E-state index contributed by atoms with van der Waals surface area (Å²) in [4.78, 5) is 31.3. The summed E-state index contributed by atoms with van der Waals surface area (Å²) in [5.74, 6) is -0.404. The van der Waals surface area contributed by atoms with Crippen molar-refractivity contribution in [2.75, 3.05) is 17.2 Å². The van der Waals surface area contributed by atoms with Gasteiger partial charge in [-0.05, 0) is 45.7 Å². The number of amides is 1. The number of aromatic nitrogens is 1. The Balaban J connectivity index is 1.91. The number of ether oxygens (including phenoxy) is 1. The Morgan fingerprint density at radius 1 is 1.48 bits per heavy atom. The number of hydrogen-bond donors (Lipinski definition) is 2. The van der Waals surface area contributed by atoms with Crippen molar-refractivity contribution in [1.82, 2.24) is 10.3 Å². The highest BCUT2D eigenvalue weighted by molar-refractivity contribution is 6.15. The Morgan fingerprint density at radius 3 is 2.83 bits per heavy atom. The first-order valence-corrected chi connectivity index (χ1v) is 7.76. The molecule has 7 heteroatoms. The van der Waals surface area contributed by atoms with Crippen LogP contribution >= 0.6 is 0 Å². The summed E-state index contributed by atoms with van der Waals surface area (Å²) in [6.45, 7) is 5.89. The van der Waals surface area contributed by atoms with Crippen LogP contribution in [0.15, 0.2) is 18.3 Å². The van der Waals surface area contributed by atoms with Crippen LogP contribution < -0.4 is 16.0 Å². The number of fused-ring (bicyclic) bond motifs is 2. The number of nitrogens with one attached hydrogen (secondary N) is 1. The minimum Gasteiger partial charge on any atom is -0.458 e. The monoisotopic (exact) mass is 318 g/mol. The molecule has 1 aromatic heterocycles. The summed E-state index contributed by atoms with van der Waals surface area (Å²) < 4.78 is 5.49. The zero-order valence-corrected chi connectivity index (χ0v) is 13.6. The van der Waals surface area contributed by atoms with Crippen LogP contribution in [0.2, 0.25) is 0 Å². The van der Waals surface area contributed by atoms with E-state index in [2.05, 4.69) is 10.3 Å². The second-order valence-corrected chi connectivity index (χ2v) is 7.14. The lowest BCUT2D eigenvalue weighted by atomic mass is 9.95. The maximum Gasteiger partial charge on any atom is 0.336 e. The van der Waals surface area contributed by atoms with Crippen LogP contribution in [0.1, 0.15) is 33.6 Å². The third kappa shape index (κ3) is 2.76. The van der Waals surface area contributed by atoms with Crippen molar-refractivity contribution in [3.8, 4) is 0 Å². The van der Waals surface area contributed by atoms with Crippen molar-refractivity contribution >= 4 is 23.4 Å². The molecule has 3 rings (SSSR count). The minimum absolute atomic E-state index is 0.0674. The van der Waals surface area contributed by atoms with E-state index < -0.39 is 17.1 Å². The van der Waals surface area contributed by atoms with Gasteiger partial charge in [-0.15, -0.1) is 0 Å². The first-order valence-electron chi connectivity index (χ1n) is 7.76. The highest BCUT2D eigenvalue weighted by Crippen LogP contribution is 2.35. The van der Waals surface area contributed by atoms with Gasteiger partial charge in [0.15, 0.2) is 5.54 Å². The van der Waals surface area contributed by atoms with Crippen LogP contribution in [-0.2, 0) is 14.3 Å². The van der Waals surface area contributed by atoms with Gasteiger partial charge in [0.05, 0.1) is 11.9 Å². The summed E-state index contributed by atoms with van der Waals surface area (Å²) >= 11 is 0. The maximum atomic E-state index is 13.0. The largest absolute Gasteiger partial charge is 0.458 e. The number of rotatable bonds is 2. The fourth-order valence-electron chi connectivity index (χ4n) is 3.12. The summed E-state index contributed by atoms with van der Waals surface area (Å²) in [6.07, 6.45) is 2.76. The van der Waals surface area contributed by atoms with Gasteiger partial charge in [-0.2, -0.15) is 0 Å². The van der Waals surface area contributed by atoms with Crippen molar-refractivity contribution in [2.45, 2.75) is 50.8 Å². The van der Waals surface area contributed by atoms with E-state index in [0.29, 0.717) is 24.5 Å². The van der Waals surface area contributed by atoms with Crippen molar-refractivity contribution in [2.24, 2.45) is 0 Å². The molecule has 0 aromatic carbocycles. The number of nitrogens with zero attached hydrogens (tertiary/aromatic N) is 2. The fourth-order valence-corrected chi connectivity index (χ4v) is 3.12. The van der Waals surface area contributed by atoms with Gasteiger partial charge in [-0.25, -0.2) is 9.78 Å². The standard InChI is InChI=1S/C16H22N4O3/c1-15(2,3)23-14(22)16-7-6-10(19-16)9-20(13(16)21)11-4-5-12(17)18-8-11/h4-5,8,10,19H,6-7,9H2,1-3H3,(H2,17,18). The van der Waals surface area contributed by atoms with Gasteiger partial charge in [0.25, 0.3) is 5.91 Å². The molecule has 2 unspecified atom stereocenters. The highest BCUT2D eigenvalue weighted by atomic mass is 16.6. The molecule has 124 valence electrons. The van der Waals surface area contributed by atoms with Gasteiger partial charge in [0, 0.05) is 12.6 Å². The molecule has 3 heterocycles. The molecule has 0 radical (unpaired) electrons. The quantitative estimate of drug-likeness (QED) is 0.619. The Morgan fingerprint density at radius 2 is 2.22 bits per heavy atom. The first kappa shape index (κ1) is 15.7. The predicted molar refractivity (Wildman–Crippen MR) is 85.7 cm³/mol. The summed E-state index contributed by atoms with van der Waals surface area (Å²) in [5, 5.41) is 3.18. The average Bonchev–Trinajstić information content (AvgIpc) is 2.83. The van der Waals surface area contributed by atoms with Gasteiger partial charge in [0.2, 0.25) is 0 Å². The SMILES string of the molecule is CC(C)(C)OC(=O)C12CCC(CN(c3ccc(N)nc3)C1=O)N2. The van der Waals surface area contributed by atoms with Crippen molar-refractivity contribution < 1.29 is 14.3 Å². The molecule has 2 bridgehead atoms. The Hall–Kier alpha value is -2.15. The van der Waals surface area contributed by atoms with Crippen LogP contribution in [0.3, 0.4) is 0 Å². The smallest absolute Gasteiger partial charge is 0.336 e. The Labute approximate surface area is 135 Å². The van der Waals surface area contributed by atoms with Crippen molar-refractivity contribution in [3.05, 3.63) is 18.3 Å². The van der Waals surface area contributed by atoms with Crippen LogP contribution in [0.5, 0.6) is 0 Å². The molecular weight excluding hydrogens is 296 g/mol. The van der Waals surface area contributed by atoms with Gasteiger partial charge in [-0.1, -0.05) is 0 Å². The molecule has 2 saturated heterocycles. The van der Waals surface area contributed by atoms with E-state index >= 15 is 0 Å². The van der Waals surface area contributed by atoms with E-state index in [0.717, 1.165) is 6.42 Å². The number of nitrogens with two attached hydrogens (primary N) is 1. The number of anilines is 2. The maximum absolute atomic E-state index is 13.0. The molecule has 2 fully saturated rings. The third-order valence-electron chi connectivity index (χ3n) is 4.16. The van der Waals surface area contributed by atoms with Crippen molar-refractivity contribution in [1.29, 1.82) is 0 Å². The second-order valence-electron chi connectivity index (χ2n) is 7.14. The van der Waals surface area contributed by atoms with Crippen LogP contribution in [-0.4, -0.2) is 40.6 Å². The van der Waals surface area contributed by atoms with Gasteiger partial charge in [-0.3, -0.25) is 10.1 Å². The van der Waals surface area contributed by atoms with E-state index in [1.807, 2.05) is 0 Å². The van der Waals surface area contributed by atoms with Crippen LogP contribution in [0.4, 0.5) is 11.5 Å². The Kier molecular flexibility index (Phi) is 3.55. The van der Waals surface area contributed by atoms with Crippen LogP contribution in [0.25, 0.3) is 0 Å². The van der Waals surface area contributed by atoms with Gasteiger partial charge in [0.1, 0.15) is 11.4 Å². The minimum atomic E-state index is -1.29. The molecule has 1 aromatic rings. The number of hydrogen-bond acceptors (Lipinski definition) is 6. The zero-order valence-electron chi connectivity index (χ0n) is 13.6. The molecule has 2 atom stereocenters. The highest BCUT2D eigenvalue weighted by Gasteiger charge is 2.58. The number of nitrogen functional groups attached to an aromatic ring is 1. The first-order chi connectivity index (χ1) is 10.7. The van der Waals surface area contributed by atoms with E-state index in [9.17, 15) is 9.59 Å². The summed E-state index contributed by atoms with van der Waals surface area (Å²) in [6, 6.07) is 3.46. The van der Waals surface area contributed by atoms with Crippen LogP contribution in [0, 0.1) is 0 Å². The molecule has 7 nitrogen and oxygen atoms in total. The molecular formula is C16H22N4O3. The summed E-state index contributed by atoms with van der Waals surface area (Å²) in [5.41, 5.74) is 4.31. The van der Waals surface area contributed by atoms with E-state index in [1.165, 1.54) is 0 Å². The number of pyridine rings is 1. The molecule has 3 N–H and O–H groups in total. The number of esters is 1. The number of carbonyl (C=O) groups is 2. The van der Waals surface area contributed by atoms with E-state index in [-0.39, 0.29) is 11.9 Å².